The van der Waals surface area contributed by atoms with Crippen LogP contribution in [0.15, 0.2) is 47.1 Å². The fourth-order valence-electron chi connectivity index (χ4n) is 2.11. The number of unbranched alkanes of at least 4 members (excludes halogenated alkanes) is 3. The van der Waals surface area contributed by atoms with Crippen LogP contribution in [0.1, 0.15) is 32.6 Å². The van der Waals surface area contributed by atoms with Gasteiger partial charge >= 0.3 is 0 Å². The summed E-state index contributed by atoms with van der Waals surface area (Å²) >= 11 is 0. The highest BCUT2D eigenvalue weighted by molar-refractivity contribution is 5.58. The Morgan fingerprint density at radius 1 is 1.05 bits per heavy atom. The predicted molar refractivity (Wildman–Crippen MR) is 76.3 cm³/mol. The number of rotatable bonds is 7. The molecular weight excluding hydrogens is 241 g/mol. The molecule has 2 aromatic rings. The number of hydrogen-bond acceptors (Lipinski definition) is 2. The number of hydrogen-bond donors (Lipinski definition) is 0. The van der Waals surface area contributed by atoms with Gasteiger partial charge in [-0.3, -0.25) is 0 Å². The summed E-state index contributed by atoms with van der Waals surface area (Å²) in [5, 5.41) is 0. The predicted octanol–water partition coefficient (Wildman–Crippen LogP) is 5.14. The normalized spacial score (nSPS) is 10.6. The van der Waals surface area contributed by atoms with Crippen molar-refractivity contribution in [3.8, 4) is 0 Å². The van der Waals surface area contributed by atoms with E-state index in [0.29, 0.717) is 0 Å². The fourth-order valence-corrected chi connectivity index (χ4v) is 2.11. The molecule has 0 spiro atoms. The molecule has 1 aromatic heterocycles. The van der Waals surface area contributed by atoms with Gasteiger partial charge in [-0.25, -0.2) is 4.39 Å². The average Bonchev–Trinajstić information content (AvgIpc) is 2.94. The van der Waals surface area contributed by atoms with Crippen LogP contribution in [0.2, 0.25) is 0 Å². The van der Waals surface area contributed by atoms with Crippen LogP contribution in [0.3, 0.4) is 0 Å². The maximum Gasteiger partial charge on any atom is 0.199 e. The summed E-state index contributed by atoms with van der Waals surface area (Å²) in [5.74, 6) is 0.595. The van der Waals surface area contributed by atoms with Gasteiger partial charge in [0.2, 0.25) is 0 Å². The largest absolute Gasteiger partial charge is 0.448 e. The highest BCUT2D eigenvalue weighted by Gasteiger charge is 2.11. The van der Waals surface area contributed by atoms with Gasteiger partial charge < -0.3 is 9.32 Å². The standard InChI is InChI=1S/C16H20FNO/c1-2-3-4-5-12-18(16-7-6-13-19-16)15-10-8-14(17)9-11-15/h6-11,13H,2-5,12H2,1H3. The Hall–Kier alpha value is -1.77. The van der Waals surface area contributed by atoms with E-state index in [1.54, 1.807) is 18.4 Å². The van der Waals surface area contributed by atoms with Gasteiger partial charge in [-0.1, -0.05) is 26.2 Å². The Morgan fingerprint density at radius 3 is 2.47 bits per heavy atom. The summed E-state index contributed by atoms with van der Waals surface area (Å²) in [5.41, 5.74) is 0.966. The highest BCUT2D eigenvalue weighted by Crippen LogP contribution is 2.26. The number of furan rings is 1. The zero-order valence-electron chi connectivity index (χ0n) is 11.3. The van der Waals surface area contributed by atoms with E-state index in [4.69, 9.17) is 4.42 Å². The van der Waals surface area contributed by atoms with Crippen molar-refractivity contribution in [2.45, 2.75) is 32.6 Å². The average molecular weight is 261 g/mol. The quantitative estimate of drug-likeness (QED) is 0.642. The third-order valence-corrected chi connectivity index (χ3v) is 3.15. The van der Waals surface area contributed by atoms with E-state index in [2.05, 4.69) is 11.8 Å². The van der Waals surface area contributed by atoms with E-state index in [1.807, 2.05) is 12.1 Å². The van der Waals surface area contributed by atoms with Crippen LogP contribution in [-0.2, 0) is 0 Å². The zero-order chi connectivity index (χ0) is 13.5. The Kier molecular flexibility index (Phi) is 5.01. The first kappa shape index (κ1) is 13.7. The molecule has 0 fully saturated rings. The summed E-state index contributed by atoms with van der Waals surface area (Å²) in [6, 6.07) is 10.4. The van der Waals surface area contributed by atoms with E-state index in [0.717, 1.165) is 24.5 Å². The molecule has 1 aromatic carbocycles. The van der Waals surface area contributed by atoms with Gasteiger partial charge in [0.15, 0.2) is 5.88 Å². The SMILES string of the molecule is CCCCCCN(c1ccc(F)cc1)c1ccco1. The molecule has 0 N–H and O–H groups in total. The molecule has 2 rings (SSSR count). The van der Waals surface area contributed by atoms with E-state index >= 15 is 0 Å². The summed E-state index contributed by atoms with van der Waals surface area (Å²) in [6.07, 6.45) is 6.44. The lowest BCUT2D eigenvalue weighted by molar-refractivity contribution is 0.554. The van der Waals surface area contributed by atoms with Crippen molar-refractivity contribution in [3.63, 3.8) is 0 Å². The summed E-state index contributed by atoms with van der Waals surface area (Å²) in [7, 11) is 0. The molecule has 2 nitrogen and oxygen atoms in total. The minimum atomic E-state index is -0.214. The topological polar surface area (TPSA) is 16.4 Å². The Labute approximate surface area is 113 Å². The molecule has 19 heavy (non-hydrogen) atoms. The Balaban J connectivity index is 2.08. The van der Waals surface area contributed by atoms with Gasteiger partial charge in [0.25, 0.3) is 0 Å². The van der Waals surface area contributed by atoms with E-state index in [1.165, 1.54) is 31.4 Å². The van der Waals surface area contributed by atoms with Crippen LogP contribution in [0.5, 0.6) is 0 Å². The van der Waals surface area contributed by atoms with Gasteiger partial charge in [-0.05, 0) is 36.8 Å². The summed E-state index contributed by atoms with van der Waals surface area (Å²) in [6.45, 7) is 3.09. The smallest absolute Gasteiger partial charge is 0.199 e. The van der Waals surface area contributed by atoms with Gasteiger partial charge in [0, 0.05) is 18.3 Å². The maximum atomic E-state index is 13.0. The third kappa shape index (κ3) is 3.85. The number of halogens is 1. The number of benzene rings is 1. The van der Waals surface area contributed by atoms with Gasteiger partial charge in [0.05, 0.1) is 6.26 Å². The maximum absolute atomic E-state index is 13.0. The van der Waals surface area contributed by atoms with E-state index in [-0.39, 0.29) is 5.82 Å². The van der Waals surface area contributed by atoms with Crippen LogP contribution in [0, 0.1) is 5.82 Å². The van der Waals surface area contributed by atoms with E-state index in [9.17, 15) is 4.39 Å². The second kappa shape index (κ2) is 6.98. The lowest BCUT2D eigenvalue weighted by atomic mass is 10.2. The lowest BCUT2D eigenvalue weighted by Gasteiger charge is -2.22. The van der Waals surface area contributed by atoms with Gasteiger partial charge in [0.1, 0.15) is 5.82 Å². The van der Waals surface area contributed by atoms with Crippen molar-refractivity contribution in [2.24, 2.45) is 0 Å². The van der Waals surface area contributed by atoms with Crippen LogP contribution in [0.4, 0.5) is 16.0 Å². The van der Waals surface area contributed by atoms with Crippen LogP contribution in [0.25, 0.3) is 0 Å². The molecule has 0 atom stereocenters. The summed E-state index contributed by atoms with van der Waals surface area (Å²) in [4.78, 5) is 2.09. The number of nitrogens with zero attached hydrogens (tertiary/aromatic N) is 1. The molecule has 0 saturated carbocycles. The van der Waals surface area contributed by atoms with E-state index < -0.39 is 0 Å². The second-order valence-electron chi connectivity index (χ2n) is 4.64. The van der Waals surface area contributed by atoms with Gasteiger partial charge in [-0.2, -0.15) is 0 Å². The van der Waals surface area contributed by atoms with Crippen LogP contribution in [-0.4, -0.2) is 6.54 Å². The molecule has 0 unspecified atom stereocenters. The molecule has 102 valence electrons. The third-order valence-electron chi connectivity index (χ3n) is 3.15. The first-order valence-electron chi connectivity index (χ1n) is 6.88. The first-order chi connectivity index (χ1) is 9.31. The Morgan fingerprint density at radius 2 is 1.84 bits per heavy atom. The summed E-state index contributed by atoms with van der Waals surface area (Å²) < 4.78 is 18.5. The van der Waals surface area contributed by atoms with Crippen molar-refractivity contribution >= 4 is 11.6 Å². The molecule has 3 heteroatoms. The fraction of sp³-hybridized carbons (Fsp3) is 0.375. The Bertz CT molecular complexity index is 464. The van der Waals surface area contributed by atoms with Crippen molar-refractivity contribution in [3.05, 3.63) is 48.5 Å². The molecule has 0 radical (unpaired) electrons. The first-order valence-corrected chi connectivity index (χ1v) is 6.88. The van der Waals surface area contributed by atoms with Crippen LogP contribution < -0.4 is 4.90 Å². The molecule has 1 heterocycles. The number of anilines is 2. The lowest BCUT2D eigenvalue weighted by Crippen LogP contribution is -2.17. The molecular formula is C16H20FNO. The molecule has 0 aliphatic carbocycles. The van der Waals surface area contributed by atoms with Crippen molar-refractivity contribution < 1.29 is 8.81 Å². The molecule has 0 saturated heterocycles. The zero-order valence-corrected chi connectivity index (χ0v) is 11.3. The second-order valence-corrected chi connectivity index (χ2v) is 4.64. The molecule has 0 bridgehead atoms. The highest BCUT2D eigenvalue weighted by atomic mass is 19.1. The molecule has 0 amide bonds. The van der Waals surface area contributed by atoms with Gasteiger partial charge in [-0.15, -0.1) is 0 Å². The molecule has 0 aliphatic heterocycles. The minimum Gasteiger partial charge on any atom is -0.448 e. The van der Waals surface area contributed by atoms with Crippen LogP contribution >= 0.6 is 0 Å². The molecule has 0 aliphatic rings. The van der Waals surface area contributed by atoms with Crippen molar-refractivity contribution in [2.75, 3.05) is 11.4 Å². The van der Waals surface area contributed by atoms with Crippen molar-refractivity contribution in [1.29, 1.82) is 0 Å². The minimum absolute atomic E-state index is 0.214. The van der Waals surface area contributed by atoms with Crippen molar-refractivity contribution in [1.82, 2.24) is 0 Å². The monoisotopic (exact) mass is 261 g/mol.